The second-order valence-electron chi connectivity index (χ2n) is 4.45. The second kappa shape index (κ2) is 5.84. The molecule has 1 saturated heterocycles. The van der Waals surface area contributed by atoms with Crippen molar-refractivity contribution in [3.63, 3.8) is 0 Å². The van der Waals surface area contributed by atoms with E-state index in [1.807, 2.05) is 0 Å². The Kier molecular flexibility index (Phi) is 4.16. The molecule has 0 saturated carbocycles. The molecule has 1 fully saturated rings. The van der Waals surface area contributed by atoms with Gasteiger partial charge in [-0.05, 0) is 30.2 Å². The van der Waals surface area contributed by atoms with E-state index in [0.717, 1.165) is 0 Å². The van der Waals surface area contributed by atoms with Crippen molar-refractivity contribution in [1.82, 2.24) is 4.90 Å². The minimum atomic E-state index is -0.464. The molecule has 0 unspecified atom stereocenters. The molecule has 1 aromatic carbocycles. The number of amides is 1. The number of aliphatic hydroxyl groups is 1. The summed E-state index contributed by atoms with van der Waals surface area (Å²) < 4.78 is 18.3. The third kappa shape index (κ3) is 3.32. The van der Waals surface area contributed by atoms with E-state index >= 15 is 0 Å². The van der Waals surface area contributed by atoms with Gasteiger partial charge in [0.15, 0.2) is 11.6 Å². The van der Waals surface area contributed by atoms with E-state index in [2.05, 4.69) is 0 Å². The van der Waals surface area contributed by atoms with E-state index in [1.54, 1.807) is 17.0 Å². The lowest BCUT2D eigenvalue weighted by molar-refractivity contribution is -0.125. The van der Waals surface area contributed by atoms with Crippen LogP contribution in [0.4, 0.5) is 4.39 Å². The number of carbonyl (C=O) groups is 1. The topological polar surface area (TPSA) is 49.8 Å². The number of halogens is 1. The number of aliphatic hydroxyl groups excluding tert-OH is 1. The molecule has 0 bridgehead atoms. The normalized spacial score (nSPS) is 19.1. The van der Waals surface area contributed by atoms with Gasteiger partial charge in [-0.3, -0.25) is 4.79 Å². The van der Waals surface area contributed by atoms with Crippen LogP contribution in [0.2, 0.25) is 0 Å². The van der Waals surface area contributed by atoms with E-state index in [-0.39, 0.29) is 11.7 Å². The number of rotatable bonds is 3. The average molecular weight is 265 g/mol. The van der Waals surface area contributed by atoms with Crippen LogP contribution >= 0.6 is 0 Å². The maximum Gasteiger partial charge on any atom is 0.246 e. The Morgan fingerprint density at radius 1 is 1.58 bits per heavy atom. The van der Waals surface area contributed by atoms with Crippen LogP contribution in [-0.2, 0) is 4.79 Å². The van der Waals surface area contributed by atoms with Crippen molar-refractivity contribution >= 4 is 12.0 Å². The molecule has 1 amide bonds. The molecule has 2 rings (SSSR count). The number of methoxy groups -OCH3 is 1. The lowest BCUT2D eigenvalue weighted by Crippen LogP contribution is -2.27. The lowest BCUT2D eigenvalue weighted by Gasteiger charge is -2.12. The van der Waals surface area contributed by atoms with Gasteiger partial charge in [-0.2, -0.15) is 0 Å². The third-order valence-corrected chi connectivity index (χ3v) is 3.07. The number of hydrogen-bond donors (Lipinski definition) is 1. The Hall–Kier alpha value is -1.88. The van der Waals surface area contributed by atoms with Crippen molar-refractivity contribution in [2.45, 2.75) is 12.5 Å². The van der Waals surface area contributed by atoms with Crippen LogP contribution in [0.25, 0.3) is 6.08 Å². The molecule has 1 heterocycles. The molecule has 1 aliphatic heterocycles. The first-order valence-electron chi connectivity index (χ1n) is 6.08. The summed E-state index contributed by atoms with van der Waals surface area (Å²) in [6.07, 6.45) is 3.11. The first-order valence-corrected chi connectivity index (χ1v) is 6.08. The zero-order valence-corrected chi connectivity index (χ0v) is 10.7. The molecular formula is C14H16FNO3. The maximum atomic E-state index is 13.4. The molecule has 102 valence electrons. The summed E-state index contributed by atoms with van der Waals surface area (Å²) in [4.78, 5) is 13.4. The van der Waals surface area contributed by atoms with Gasteiger partial charge in [-0.25, -0.2) is 4.39 Å². The Labute approximate surface area is 111 Å². The van der Waals surface area contributed by atoms with Crippen molar-refractivity contribution < 1.29 is 19.0 Å². The first kappa shape index (κ1) is 13.5. The van der Waals surface area contributed by atoms with Gasteiger partial charge in [-0.15, -0.1) is 0 Å². The van der Waals surface area contributed by atoms with Crippen LogP contribution in [0.5, 0.6) is 5.75 Å². The Morgan fingerprint density at radius 3 is 2.95 bits per heavy atom. The number of benzene rings is 1. The molecular weight excluding hydrogens is 249 g/mol. The summed E-state index contributed by atoms with van der Waals surface area (Å²) in [5, 5.41) is 9.35. The summed E-state index contributed by atoms with van der Waals surface area (Å²) in [7, 11) is 1.40. The van der Waals surface area contributed by atoms with Crippen LogP contribution in [0.3, 0.4) is 0 Å². The minimum absolute atomic E-state index is 0.172. The van der Waals surface area contributed by atoms with Crippen LogP contribution in [-0.4, -0.2) is 42.2 Å². The van der Waals surface area contributed by atoms with Crippen molar-refractivity contribution in [2.24, 2.45) is 0 Å². The largest absolute Gasteiger partial charge is 0.494 e. The van der Waals surface area contributed by atoms with Crippen LogP contribution in [0, 0.1) is 5.82 Å². The summed E-state index contributed by atoms with van der Waals surface area (Å²) >= 11 is 0. The van der Waals surface area contributed by atoms with Gasteiger partial charge in [-0.1, -0.05) is 6.07 Å². The number of carbonyl (C=O) groups excluding carboxylic acids is 1. The summed E-state index contributed by atoms with van der Waals surface area (Å²) in [6.45, 7) is 0.918. The molecule has 5 heteroatoms. The molecule has 0 spiro atoms. The van der Waals surface area contributed by atoms with Crippen LogP contribution in [0.1, 0.15) is 12.0 Å². The number of likely N-dealkylation sites (tertiary alicyclic amines) is 1. The number of ether oxygens (including phenoxy) is 1. The van der Waals surface area contributed by atoms with Crippen molar-refractivity contribution in [2.75, 3.05) is 20.2 Å². The zero-order chi connectivity index (χ0) is 13.8. The highest BCUT2D eigenvalue weighted by Crippen LogP contribution is 2.18. The van der Waals surface area contributed by atoms with Crippen LogP contribution < -0.4 is 4.74 Å². The maximum absolute atomic E-state index is 13.4. The smallest absolute Gasteiger partial charge is 0.246 e. The number of nitrogens with zero attached hydrogens (tertiary/aromatic N) is 1. The Balaban J connectivity index is 2.02. The fraction of sp³-hybridized carbons (Fsp3) is 0.357. The van der Waals surface area contributed by atoms with Crippen molar-refractivity contribution in [1.29, 1.82) is 0 Å². The van der Waals surface area contributed by atoms with Gasteiger partial charge in [0.05, 0.1) is 13.2 Å². The first-order chi connectivity index (χ1) is 9.10. The highest BCUT2D eigenvalue weighted by atomic mass is 19.1. The summed E-state index contributed by atoms with van der Waals surface area (Å²) in [5.41, 5.74) is 0.589. The Morgan fingerprint density at radius 2 is 2.37 bits per heavy atom. The number of hydrogen-bond acceptors (Lipinski definition) is 3. The zero-order valence-electron chi connectivity index (χ0n) is 10.7. The highest BCUT2D eigenvalue weighted by molar-refractivity contribution is 5.92. The van der Waals surface area contributed by atoms with Gasteiger partial charge in [0, 0.05) is 19.2 Å². The fourth-order valence-electron chi connectivity index (χ4n) is 2.00. The van der Waals surface area contributed by atoms with E-state index in [9.17, 15) is 14.3 Å². The monoisotopic (exact) mass is 265 g/mol. The third-order valence-electron chi connectivity index (χ3n) is 3.07. The summed E-state index contributed by atoms with van der Waals surface area (Å²) in [5.74, 6) is -0.465. The second-order valence-corrected chi connectivity index (χ2v) is 4.45. The fourth-order valence-corrected chi connectivity index (χ4v) is 2.00. The summed E-state index contributed by atoms with van der Waals surface area (Å²) in [6, 6.07) is 4.49. The van der Waals surface area contributed by atoms with E-state index in [4.69, 9.17) is 4.74 Å². The minimum Gasteiger partial charge on any atom is -0.494 e. The molecule has 0 aromatic heterocycles. The van der Waals surface area contributed by atoms with E-state index < -0.39 is 11.9 Å². The van der Waals surface area contributed by atoms with Gasteiger partial charge in [0.25, 0.3) is 0 Å². The molecule has 1 aliphatic rings. The van der Waals surface area contributed by atoms with Crippen molar-refractivity contribution in [3.05, 3.63) is 35.7 Å². The quantitative estimate of drug-likeness (QED) is 0.841. The standard InChI is InChI=1S/C14H16FNO3/c1-19-13-4-2-10(8-12(13)15)3-5-14(18)16-7-6-11(17)9-16/h2-5,8,11,17H,6-7,9H2,1H3/t11-/m0/s1. The van der Waals surface area contributed by atoms with Gasteiger partial charge >= 0.3 is 0 Å². The van der Waals surface area contributed by atoms with Crippen molar-refractivity contribution in [3.8, 4) is 5.75 Å². The molecule has 1 atom stereocenters. The van der Waals surface area contributed by atoms with Gasteiger partial charge in [0.1, 0.15) is 0 Å². The van der Waals surface area contributed by atoms with Gasteiger partial charge in [0.2, 0.25) is 5.91 Å². The molecule has 4 nitrogen and oxygen atoms in total. The van der Waals surface area contributed by atoms with E-state index in [1.165, 1.54) is 25.3 Å². The Bertz CT molecular complexity index is 501. The molecule has 1 N–H and O–H groups in total. The van der Waals surface area contributed by atoms with E-state index in [0.29, 0.717) is 25.1 Å². The number of β-amino-alcohol motifs (C(OH)–C–C–N with tert-alkyl or cyclic N) is 1. The molecule has 19 heavy (non-hydrogen) atoms. The predicted molar refractivity (Wildman–Crippen MR) is 69.2 cm³/mol. The lowest BCUT2D eigenvalue weighted by atomic mass is 10.2. The molecule has 0 radical (unpaired) electrons. The SMILES string of the molecule is COc1ccc(C=CC(=O)N2CC[C@H](O)C2)cc1F. The molecule has 0 aliphatic carbocycles. The molecule has 1 aromatic rings. The average Bonchev–Trinajstić information content (AvgIpc) is 2.83. The predicted octanol–water partition coefficient (Wildman–Crippen LogP) is 1.44. The van der Waals surface area contributed by atoms with Gasteiger partial charge < -0.3 is 14.7 Å². The highest BCUT2D eigenvalue weighted by Gasteiger charge is 2.22. The van der Waals surface area contributed by atoms with Crippen LogP contribution in [0.15, 0.2) is 24.3 Å².